The minimum absolute atomic E-state index is 0.0421. The Kier molecular flexibility index (Phi) is 3.86. The van der Waals surface area contributed by atoms with Crippen LogP contribution < -0.4 is 0 Å². The van der Waals surface area contributed by atoms with Gasteiger partial charge in [0.2, 0.25) is 12.2 Å². The van der Waals surface area contributed by atoms with Gasteiger partial charge in [-0.25, -0.2) is 8.78 Å². The van der Waals surface area contributed by atoms with Gasteiger partial charge in [0.15, 0.2) is 0 Å². The summed E-state index contributed by atoms with van der Waals surface area (Å²) in [6, 6.07) is 12.7. The molecule has 1 aromatic heterocycles. The maximum atomic E-state index is 12.7. The van der Waals surface area contributed by atoms with Crippen LogP contribution in [-0.4, -0.2) is 16.8 Å². The number of carbonyl (C=O) groups excluding carboxylic acids is 1. The van der Waals surface area contributed by atoms with Crippen LogP contribution in [0.1, 0.15) is 46.9 Å². The van der Waals surface area contributed by atoms with E-state index in [1.165, 1.54) is 0 Å². The molecule has 110 valence electrons. The molecule has 1 aromatic carbocycles. The highest BCUT2D eigenvalue weighted by Gasteiger charge is 2.27. The van der Waals surface area contributed by atoms with Crippen LogP contribution in [0.25, 0.3) is 0 Å². The van der Waals surface area contributed by atoms with Crippen molar-refractivity contribution >= 4 is 5.78 Å². The van der Waals surface area contributed by atoms with Crippen molar-refractivity contribution in [2.45, 2.75) is 38.2 Å². The third-order valence-corrected chi connectivity index (χ3v) is 4.10. The van der Waals surface area contributed by atoms with Crippen LogP contribution in [0.2, 0.25) is 0 Å². The lowest BCUT2D eigenvalue weighted by atomic mass is 9.93. The minimum Gasteiger partial charge on any atom is -0.342 e. The molecule has 0 fully saturated rings. The van der Waals surface area contributed by atoms with E-state index in [0.717, 1.165) is 25.1 Å². The Bertz CT molecular complexity index is 633. The largest absolute Gasteiger partial charge is 0.342 e. The molecule has 0 saturated carbocycles. The molecule has 0 amide bonds. The molecule has 0 saturated heterocycles. The van der Waals surface area contributed by atoms with E-state index in [0.29, 0.717) is 11.3 Å². The zero-order valence-corrected chi connectivity index (χ0v) is 11.6. The first-order valence-electron chi connectivity index (χ1n) is 7.24. The van der Waals surface area contributed by atoms with E-state index >= 15 is 0 Å². The van der Waals surface area contributed by atoms with E-state index < -0.39 is 6.43 Å². The molecule has 1 unspecified atom stereocenters. The molecule has 0 aliphatic carbocycles. The van der Waals surface area contributed by atoms with Gasteiger partial charge in [-0.15, -0.1) is 0 Å². The number of ketones is 1. The molecule has 2 aromatic rings. The first kappa shape index (κ1) is 14.0. The molecule has 1 aliphatic rings. The first-order chi connectivity index (χ1) is 10.2. The van der Waals surface area contributed by atoms with Gasteiger partial charge in [0.05, 0.1) is 5.69 Å². The summed E-state index contributed by atoms with van der Waals surface area (Å²) in [5.41, 5.74) is 2.12. The summed E-state index contributed by atoms with van der Waals surface area (Å²) >= 11 is 0. The topological polar surface area (TPSA) is 22.0 Å². The van der Waals surface area contributed by atoms with Crippen LogP contribution in [-0.2, 0) is 6.54 Å². The third kappa shape index (κ3) is 2.75. The van der Waals surface area contributed by atoms with Gasteiger partial charge in [0.1, 0.15) is 0 Å². The summed E-state index contributed by atoms with van der Waals surface area (Å²) in [5, 5.41) is 0. The lowest BCUT2D eigenvalue weighted by Crippen LogP contribution is -2.20. The second-order valence-electron chi connectivity index (χ2n) is 5.46. The second kappa shape index (κ2) is 5.80. The van der Waals surface area contributed by atoms with Crippen LogP contribution >= 0.6 is 0 Å². The Morgan fingerprint density at radius 2 is 1.95 bits per heavy atom. The lowest BCUT2D eigenvalue weighted by molar-refractivity contribution is 0.102. The van der Waals surface area contributed by atoms with Gasteiger partial charge in [0.25, 0.3) is 0 Å². The fourth-order valence-corrected chi connectivity index (χ4v) is 3.12. The Hall–Kier alpha value is -1.97. The Balaban J connectivity index is 1.92. The number of hydrogen-bond acceptors (Lipinski definition) is 1. The van der Waals surface area contributed by atoms with Crippen LogP contribution in [0.15, 0.2) is 42.5 Å². The number of hydrogen-bond donors (Lipinski definition) is 0. The Morgan fingerprint density at radius 1 is 1.19 bits per heavy atom. The molecule has 2 heterocycles. The highest BCUT2D eigenvalue weighted by atomic mass is 19.3. The van der Waals surface area contributed by atoms with Gasteiger partial charge >= 0.3 is 0 Å². The van der Waals surface area contributed by atoms with E-state index in [2.05, 4.69) is 0 Å². The van der Waals surface area contributed by atoms with Crippen LogP contribution in [0.3, 0.4) is 0 Å². The number of nitrogens with zero attached hydrogens (tertiary/aromatic N) is 1. The smallest absolute Gasteiger partial charge is 0.239 e. The predicted molar refractivity (Wildman–Crippen MR) is 76.9 cm³/mol. The molecular weight excluding hydrogens is 272 g/mol. The van der Waals surface area contributed by atoms with E-state index in [-0.39, 0.29) is 18.1 Å². The van der Waals surface area contributed by atoms with E-state index in [4.69, 9.17) is 0 Å². The average molecular weight is 289 g/mol. The van der Waals surface area contributed by atoms with Crippen molar-refractivity contribution in [3.05, 3.63) is 59.4 Å². The molecule has 3 rings (SSSR count). The van der Waals surface area contributed by atoms with Crippen molar-refractivity contribution in [2.24, 2.45) is 0 Å². The predicted octanol–water partition coefficient (Wildman–Crippen LogP) is 4.25. The van der Waals surface area contributed by atoms with Crippen molar-refractivity contribution in [2.75, 3.05) is 0 Å². The molecule has 0 spiro atoms. The van der Waals surface area contributed by atoms with Crippen molar-refractivity contribution in [1.82, 2.24) is 4.57 Å². The summed E-state index contributed by atoms with van der Waals surface area (Å²) in [6.07, 6.45) is -0.811. The van der Waals surface area contributed by atoms with Crippen LogP contribution in [0.5, 0.6) is 0 Å². The van der Waals surface area contributed by atoms with E-state index in [9.17, 15) is 13.6 Å². The third-order valence-electron chi connectivity index (χ3n) is 4.10. The molecular formula is C17H17F2NO. The van der Waals surface area contributed by atoms with Crippen molar-refractivity contribution in [1.29, 1.82) is 0 Å². The summed E-state index contributed by atoms with van der Waals surface area (Å²) in [7, 11) is 0. The number of halogens is 2. The summed E-state index contributed by atoms with van der Waals surface area (Å²) in [4.78, 5) is 12.5. The van der Waals surface area contributed by atoms with Crippen LogP contribution in [0.4, 0.5) is 8.78 Å². The van der Waals surface area contributed by atoms with E-state index in [1.807, 2.05) is 28.8 Å². The normalized spacial score (nSPS) is 17.8. The molecule has 0 radical (unpaired) electrons. The molecule has 0 N–H and O–H groups in total. The quantitative estimate of drug-likeness (QED) is 0.771. The van der Waals surface area contributed by atoms with Gasteiger partial charge in [-0.3, -0.25) is 4.79 Å². The number of alkyl halides is 2. The first-order valence-corrected chi connectivity index (χ1v) is 7.24. The average Bonchev–Trinajstić information content (AvgIpc) is 2.92. The van der Waals surface area contributed by atoms with Gasteiger partial charge in [-0.1, -0.05) is 30.3 Å². The maximum absolute atomic E-state index is 12.7. The lowest BCUT2D eigenvalue weighted by Gasteiger charge is -2.25. The van der Waals surface area contributed by atoms with Gasteiger partial charge in [0, 0.05) is 30.1 Å². The second-order valence-corrected chi connectivity index (χ2v) is 5.46. The SMILES string of the molecule is O=C(c1ccccc1)c1ccc2n1CCCC2CC(F)F. The van der Waals surface area contributed by atoms with Crippen LogP contribution in [0, 0.1) is 0 Å². The number of rotatable bonds is 4. The summed E-state index contributed by atoms with van der Waals surface area (Å²) in [6.45, 7) is 0.732. The number of aromatic nitrogens is 1. The minimum atomic E-state index is -2.30. The fraction of sp³-hybridized carbons (Fsp3) is 0.353. The van der Waals surface area contributed by atoms with Crippen molar-refractivity contribution in [3.8, 4) is 0 Å². The number of carbonyl (C=O) groups is 1. The maximum Gasteiger partial charge on any atom is 0.239 e. The van der Waals surface area contributed by atoms with Gasteiger partial charge < -0.3 is 4.57 Å². The highest BCUT2D eigenvalue weighted by Crippen LogP contribution is 2.34. The zero-order valence-electron chi connectivity index (χ0n) is 11.6. The highest BCUT2D eigenvalue weighted by molar-refractivity contribution is 6.08. The van der Waals surface area contributed by atoms with E-state index in [1.54, 1.807) is 18.2 Å². The molecule has 0 bridgehead atoms. The Morgan fingerprint density at radius 3 is 2.67 bits per heavy atom. The number of fused-ring (bicyclic) bond motifs is 1. The molecule has 1 aliphatic heterocycles. The van der Waals surface area contributed by atoms with Crippen molar-refractivity contribution in [3.63, 3.8) is 0 Å². The standard InChI is InChI=1S/C17H17F2NO/c18-16(19)11-13-7-4-10-20-14(13)8-9-15(20)17(21)12-5-2-1-3-6-12/h1-3,5-6,8-9,13,16H,4,7,10-11H2. The molecule has 21 heavy (non-hydrogen) atoms. The monoisotopic (exact) mass is 289 g/mol. The zero-order chi connectivity index (χ0) is 14.8. The van der Waals surface area contributed by atoms with Crippen molar-refractivity contribution < 1.29 is 13.6 Å². The molecule has 1 atom stereocenters. The van der Waals surface area contributed by atoms with Gasteiger partial charge in [-0.2, -0.15) is 0 Å². The molecule has 4 heteroatoms. The van der Waals surface area contributed by atoms with Gasteiger partial charge in [-0.05, 0) is 25.0 Å². The fourth-order valence-electron chi connectivity index (χ4n) is 3.12. The molecule has 2 nitrogen and oxygen atoms in total. The number of benzene rings is 1. The summed E-state index contributed by atoms with van der Waals surface area (Å²) < 4.78 is 27.3. The summed E-state index contributed by atoms with van der Waals surface area (Å²) in [5.74, 6) is -0.185. The Labute approximate surface area is 122 Å².